The predicted molar refractivity (Wildman–Crippen MR) is 211 cm³/mol. The molecule has 4 unspecified atom stereocenters. The first-order chi connectivity index (χ1) is 26.5. The molecule has 0 spiro atoms. The molecule has 0 radical (unpaired) electrons. The lowest BCUT2D eigenvalue weighted by Crippen LogP contribution is -2.63. The number of amides is 1. The number of hydrogen-bond donors (Lipinski definition) is 1. The Morgan fingerprint density at radius 2 is 1.05 bits per heavy atom. The van der Waals surface area contributed by atoms with Crippen LogP contribution in [0.1, 0.15) is 43.0 Å². The van der Waals surface area contributed by atoms with Crippen LogP contribution < -0.4 is 0 Å². The number of nitrogens with zero attached hydrogens (tertiary/aromatic N) is 2. The Bertz CT molecular complexity index is 1710. The summed E-state index contributed by atoms with van der Waals surface area (Å²) in [5.41, 5.74) is 0.579. The molecule has 1 fully saturated rings. The van der Waals surface area contributed by atoms with E-state index in [2.05, 4.69) is 4.90 Å². The number of esters is 1. The second-order valence-electron chi connectivity index (χ2n) is 15.2. The van der Waals surface area contributed by atoms with Crippen LogP contribution in [0, 0.1) is 5.41 Å². The molecule has 1 N–H and O–H groups in total. The van der Waals surface area contributed by atoms with Gasteiger partial charge in [0.2, 0.25) is 0 Å². The van der Waals surface area contributed by atoms with Gasteiger partial charge in [0.25, 0.3) is 5.91 Å². The third-order valence-electron chi connectivity index (χ3n) is 9.54. The van der Waals surface area contributed by atoms with Gasteiger partial charge in [0.1, 0.15) is 18.8 Å². The van der Waals surface area contributed by atoms with Gasteiger partial charge in [-0.3, -0.25) is 9.59 Å². The number of piperazine rings is 1. The van der Waals surface area contributed by atoms with Crippen LogP contribution >= 0.6 is 0 Å². The average molecular weight is 753 g/mol. The Labute approximate surface area is 325 Å². The van der Waals surface area contributed by atoms with Gasteiger partial charge < -0.3 is 38.6 Å². The highest BCUT2D eigenvalue weighted by Crippen LogP contribution is 2.30. The number of rotatable bonds is 19. The second kappa shape index (κ2) is 20.5. The Morgan fingerprint density at radius 3 is 1.53 bits per heavy atom. The van der Waals surface area contributed by atoms with E-state index in [1.54, 1.807) is 25.7 Å². The summed E-state index contributed by atoms with van der Waals surface area (Å²) in [7, 11) is 2.03. The number of carbonyl (C=O) groups excluding carboxylic acids is 2. The molecule has 0 bridgehead atoms. The molecule has 10 heteroatoms. The fourth-order valence-electron chi connectivity index (χ4n) is 6.22. The molecule has 5 rings (SSSR count). The molecule has 1 aliphatic heterocycles. The zero-order valence-corrected chi connectivity index (χ0v) is 32.5. The number of carbonyl (C=O) groups is 2. The maximum absolute atomic E-state index is 14.8. The normalized spacial score (nSPS) is 16.5. The Morgan fingerprint density at radius 1 is 0.618 bits per heavy atom. The molecule has 10 nitrogen and oxygen atoms in total. The summed E-state index contributed by atoms with van der Waals surface area (Å²) in [5, 5.41) is 13.0. The zero-order chi connectivity index (χ0) is 39.1. The van der Waals surface area contributed by atoms with E-state index in [1.165, 1.54) is 0 Å². The molecular weight excluding hydrogens is 697 g/mol. The van der Waals surface area contributed by atoms with Crippen molar-refractivity contribution in [3.05, 3.63) is 144 Å². The van der Waals surface area contributed by atoms with Crippen molar-refractivity contribution >= 4 is 11.9 Å². The molecule has 55 heavy (non-hydrogen) atoms. The molecule has 0 aliphatic carbocycles. The summed E-state index contributed by atoms with van der Waals surface area (Å²) >= 11 is 0. The van der Waals surface area contributed by atoms with Crippen molar-refractivity contribution in [3.8, 4) is 0 Å². The summed E-state index contributed by atoms with van der Waals surface area (Å²) in [4.78, 5) is 32.1. The van der Waals surface area contributed by atoms with Crippen LogP contribution in [0.25, 0.3) is 0 Å². The van der Waals surface area contributed by atoms with E-state index in [1.807, 2.05) is 128 Å². The highest BCUT2D eigenvalue weighted by molar-refractivity contribution is 5.82. The first-order valence-corrected chi connectivity index (χ1v) is 19.0. The minimum atomic E-state index is -2.01. The Kier molecular flexibility index (Phi) is 15.5. The van der Waals surface area contributed by atoms with Gasteiger partial charge in [0.15, 0.2) is 11.7 Å². The minimum absolute atomic E-state index is 0.0546. The van der Waals surface area contributed by atoms with E-state index in [9.17, 15) is 14.7 Å². The van der Waals surface area contributed by atoms with Crippen LogP contribution in [0.3, 0.4) is 0 Å². The van der Waals surface area contributed by atoms with Crippen LogP contribution in [0.5, 0.6) is 0 Å². The SMILES string of the molecule is CN1CCN(C(=O)C(OCc2ccccc2)C(OCc2ccccc2)C(OCc2ccccc2)C(O)(COCc2ccccc2)COC(=O)C(C)(C)C)CC1. The molecule has 0 saturated carbocycles. The molecule has 0 aromatic heterocycles. The number of aliphatic hydroxyl groups is 1. The topological polar surface area (TPSA) is 107 Å². The fraction of sp³-hybridized carbons (Fsp3) is 0.422. The average Bonchev–Trinajstić information content (AvgIpc) is 3.20. The quantitative estimate of drug-likeness (QED) is 0.115. The van der Waals surface area contributed by atoms with E-state index in [0.29, 0.717) is 26.2 Å². The van der Waals surface area contributed by atoms with E-state index in [0.717, 1.165) is 22.3 Å². The summed E-state index contributed by atoms with van der Waals surface area (Å²) < 4.78 is 32.3. The number of benzene rings is 4. The van der Waals surface area contributed by atoms with Crippen LogP contribution in [0.15, 0.2) is 121 Å². The molecule has 1 amide bonds. The molecule has 294 valence electrons. The number of likely N-dealkylation sites (N-methyl/N-ethyl adjacent to an activating group) is 1. The van der Waals surface area contributed by atoms with Gasteiger partial charge in [0.05, 0.1) is 38.4 Å². The predicted octanol–water partition coefficient (Wildman–Crippen LogP) is 6.05. The van der Waals surface area contributed by atoms with Crippen LogP contribution in [-0.2, 0) is 59.7 Å². The maximum atomic E-state index is 14.8. The van der Waals surface area contributed by atoms with Crippen LogP contribution in [-0.4, -0.2) is 97.1 Å². The second-order valence-corrected chi connectivity index (χ2v) is 15.2. The van der Waals surface area contributed by atoms with Gasteiger partial charge in [-0.2, -0.15) is 0 Å². The fourth-order valence-corrected chi connectivity index (χ4v) is 6.22. The number of ether oxygens (including phenoxy) is 5. The van der Waals surface area contributed by atoms with Gasteiger partial charge >= 0.3 is 5.97 Å². The molecular formula is C45H56N2O8. The third kappa shape index (κ3) is 12.8. The first-order valence-electron chi connectivity index (χ1n) is 19.0. The van der Waals surface area contributed by atoms with Crippen molar-refractivity contribution in [2.75, 3.05) is 46.4 Å². The lowest BCUT2D eigenvalue weighted by molar-refractivity contribution is -0.237. The lowest BCUT2D eigenvalue weighted by atomic mass is 9.89. The molecule has 1 aliphatic rings. The van der Waals surface area contributed by atoms with Crippen molar-refractivity contribution in [1.82, 2.24) is 9.80 Å². The molecule has 4 aromatic carbocycles. The Balaban J connectivity index is 1.59. The zero-order valence-electron chi connectivity index (χ0n) is 32.5. The monoisotopic (exact) mass is 752 g/mol. The summed E-state index contributed by atoms with van der Waals surface area (Å²) in [6, 6.07) is 38.4. The first kappa shape index (κ1) is 41.7. The highest BCUT2D eigenvalue weighted by atomic mass is 16.6. The van der Waals surface area contributed by atoms with E-state index in [4.69, 9.17) is 23.7 Å². The van der Waals surface area contributed by atoms with E-state index in [-0.39, 0.29) is 38.9 Å². The standard InChI is InChI=1S/C45H56N2O8/c1-44(2,3)43(49)55-34-45(50,33-51-29-35-17-9-5-10-18-35)41(54-32-38-23-15-8-16-24-38)39(52-30-36-19-11-6-12-20-36)40(53-31-37-21-13-7-14-22-37)42(48)47-27-25-46(4)26-28-47/h5-24,39-41,50H,25-34H2,1-4H3. The summed E-state index contributed by atoms with van der Waals surface area (Å²) in [5.74, 6) is -0.794. The smallest absolute Gasteiger partial charge is 0.311 e. The highest BCUT2D eigenvalue weighted by Gasteiger charge is 2.51. The third-order valence-corrected chi connectivity index (χ3v) is 9.54. The van der Waals surface area contributed by atoms with Gasteiger partial charge in [-0.25, -0.2) is 0 Å². The van der Waals surface area contributed by atoms with Crippen LogP contribution in [0.2, 0.25) is 0 Å². The van der Waals surface area contributed by atoms with Crippen molar-refractivity contribution in [1.29, 1.82) is 0 Å². The van der Waals surface area contributed by atoms with E-state index < -0.39 is 41.9 Å². The van der Waals surface area contributed by atoms with Crippen molar-refractivity contribution in [2.45, 2.75) is 71.1 Å². The molecule has 1 saturated heterocycles. The van der Waals surface area contributed by atoms with Gasteiger partial charge in [-0.05, 0) is 50.1 Å². The maximum Gasteiger partial charge on any atom is 0.311 e. The summed E-state index contributed by atoms with van der Waals surface area (Å²) in [6.45, 7) is 7.24. The molecule has 1 heterocycles. The van der Waals surface area contributed by atoms with E-state index >= 15 is 0 Å². The lowest BCUT2D eigenvalue weighted by Gasteiger charge is -2.43. The van der Waals surface area contributed by atoms with Gasteiger partial charge in [-0.15, -0.1) is 0 Å². The minimum Gasteiger partial charge on any atom is -0.462 e. The van der Waals surface area contributed by atoms with Gasteiger partial charge in [-0.1, -0.05) is 121 Å². The van der Waals surface area contributed by atoms with Crippen molar-refractivity contribution in [2.24, 2.45) is 5.41 Å². The number of hydrogen-bond acceptors (Lipinski definition) is 9. The molecule has 4 atom stereocenters. The summed E-state index contributed by atoms with van der Waals surface area (Å²) in [6.07, 6.45) is -3.72. The Hall–Kier alpha value is -4.42. The van der Waals surface area contributed by atoms with Crippen molar-refractivity contribution < 1.29 is 38.4 Å². The van der Waals surface area contributed by atoms with Gasteiger partial charge in [0, 0.05) is 26.2 Å². The largest absolute Gasteiger partial charge is 0.462 e. The van der Waals surface area contributed by atoms with Crippen LogP contribution in [0.4, 0.5) is 0 Å². The molecule has 4 aromatic rings. The van der Waals surface area contributed by atoms with Crippen molar-refractivity contribution in [3.63, 3.8) is 0 Å².